The highest BCUT2D eigenvalue weighted by molar-refractivity contribution is 5.46. The number of pyridine rings is 1. The molecule has 1 saturated carbocycles. The first-order chi connectivity index (χ1) is 8.61. The van der Waals surface area contributed by atoms with E-state index in [2.05, 4.69) is 49.1 Å². The normalized spacial score (nSPS) is 22.0. The van der Waals surface area contributed by atoms with Crippen LogP contribution in [0.25, 0.3) is 0 Å². The van der Waals surface area contributed by atoms with E-state index < -0.39 is 0 Å². The number of hydrogen-bond donors (Lipinski definition) is 1. The van der Waals surface area contributed by atoms with Gasteiger partial charge < -0.3 is 10.2 Å². The molecule has 100 valence electrons. The zero-order valence-electron chi connectivity index (χ0n) is 12.0. The van der Waals surface area contributed by atoms with Crippen LogP contribution in [0.2, 0.25) is 0 Å². The van der Waals surface area contributed by atoms with Crippen molar-refractivity contribution in [2.45, 2.75) is 33.7 Å². The van der Waals surface area contributed by atoms with Crippen LogP contribution in [0.5, 0.6) is 0 Å². The zero-order valence-corrected chi connectivity index (χ0v) is 12.0. The number of nitrogens with one attached hydrogen (secondary N) is 1. The third-order valence-corrected chi connectivity index (χ3v) is 3.83. The highest BCUT2D eigenvalue weighted by Crippen LogP contribution is 2.38. The minimum atomic E-state index is 0.873. The van der Waals surface area contributed by atoms with Crippen LogP contribution in [0.1, 0.15) is 31.4 Å². The fourth-order valence-corrected chi connectivity index (χ4v) is 2.48. The predicted molar refractivity (Wildman–Crippen MR) is 76.9 cm³/mol. The molecule has 0 radical (unpaired) electrons. The Hall–Kier alpha value is -1.09. The van der Waals surface area contributed by atoms with Crippen molar-refractivity contribution in [3.63, 3.8) is 0 Å². The maximum absolute atomic E-state index is 4.62. The van der Waals surface area contributed by atoms with Gasteiger partial charge in [0, 0.05) is 26.3 Å². The van der Waals surface area contributed by atoms with Gasteiger partial charge >= 0.3 is 0 Å². The first kappa shape index (κ1) is 13.3. The Morgan fingerprint density at radius 2 is 2.22 bits per heavy atom. The van der Waals surface area contributed by atoms with E-state index in [1.807, 2.05) is 6.20 Å². The smallest absolute Gasteiger partial charge is 0.131 e. The molecule has 3 heteroatoms. The largest absolute Gasteiger partial charge is 0.359 e. The fraction of sp³-hybridized carbons (Fsp3) is 0.667. The fourth-order valence-electron chi connectivity index (χ4n) is 2.48. The molecule has 1 aliphatic rings. The second-order valence-corrected chi connectivity index (χ2v) is 5.62. The lowest BCUT2D eigenvalue weighted by Gasteiger charge is -2.20. The molecule has 1 aromatic rings. The second-order valence-electron chi connectivity index (χ2n) is 5.62. The Bertz CT molecular complexity index is 403. The number of hydrogen-bond acceptors (Lipinski definition) is 3. The lowest BCUT2D eigenvalue weighted by molar-refractivity contribution is 0.711. The quantitative estimate of drug-likeness (QED) is 0.837. The van der Waals surface area contributed by atoms with Crippen molar-refractivity contribution in [2.75, 3.05) is 25.0 Å². The Kier molecular flexibility index (Phi) is 4.23. The van der Waals surface area contributed by atoms with Crippen LogP contribution in [-0.4, -0.2) is 25.1 Å². The van der Waals surface area contributed by atoms with E-state index in [1.54, 1.807) is 0 Å². The third kappa shape index (κ3) is 3.22. The van der Waals surface area contributed by atoms with Crippen LogP contribution < -0.4 is 10.2 Å². The van der Waals surface area contributed by atoms with Crippen LogP contribution in [-0.2, 0) is 6.54 Å². The highest BCUT2D eigenvalue weighted by Gasteiger charge is 2.33. The average Bonchev–Trinajstić information content (AvgIpc) is 3.02. The Labute approximate surface area is 111 Å². The van der Waals surface area contributed by atoms with Crippen molar-refractivity contribution in [3.8, 4) is 0 Å². The lowest BCUT2D eigenvalue weighted by atomic mass is 10.2. The minimum absolute atomic E-state index is 0.873. The summed E-state index contributed by atoms with van der Waals surface area (Å²) in [5.41, 5.74) is 2.55. The molecule has 0 aliphatic heterocycles. The van der Waals surface area contributed by atoms with Crippen molar-refractivity contribution in [1.29, 1.82) is 0 Å². The summed E-state index contributed by atoms with van der Waals surface area (Å²) < 4.78 is 0. The molecule has 2 atom stereocenters. The van der Waals surface area contributed by atoms with Crippen molar-refractivity contribution in [3.05, 3.63) is 23.4 Å². The number of aryl methyl sites for hydroxylation is 1. The van der Waals surface area contributed by atoms with Gasteiger partial charge in [0.05, 0.1) is 0 Å². The summed E-state index contributed by atoms with van der Waals surface area (Å²) >= 11 is 0. The molecule has 1 aliphatic carbocycles. The molecule has 0 bridgehead atoms. The van der Waals surface area contributed by atoms with Gasteiger partial charge in [-0.1, -0.05) is 13.8 Å². The summed E-state index contributed by atoms with van der Waals surface area (Å²) in [7, 11) is 2.16. The first-order valence-corrected chi connectivity index (χ1v) is 6.99. The summed E-state index contributed by atoms with van der Waals surface area (Å²) in [4.78, 5) is 6.93. The van der Waals surface area contributed by atoms with Gasteiger partial charge in [-0.05, 0) is 48.9 Å². The summed E-state index contributed by atoms with van der Waals surface area (Å²) in [6.45, 7) is 9.66. The van der Waals surface area contributed by atoms with Gasteiger partial charge in [0.2, 0.25) is 0 Å². The van der Waals surface area contributed by atoms with E-state index in [-0.39, 0.29) is 0 Å². The van der Waals surface area contributed by atoms with Gasteiger partial charge in [-0.25, -0.2) is 4.98 Å². The van der Waals surface area contributed by atoms with Crippen LogP contribution >= 0.6 is 0 Å². The number of aromatic nitrogens is 1. The molecule has 1 aromatic heterocycles. The minimum Gasteiger partial charge on any atom is -0.359 e. The van der Waals surface area contributed by atoms with Crippen molar-refractivity contribution in [2.24, 2.45) is 11.8 Å². The zero-order chi connectivity index (χ0) is 13.1. The lowest BCUT2D eigenvalue weighted by Crippen LogP contribution is -2.23. The van der Waals surface area contributed by atoms with E-state index in [0.29, 0.717) is 0 Å². The van der Waals surface area contributed by atoms with E-state index in [1.165, 1.54) is 17.5 Å². The summed E-state index contributed by atoms with van der Waals surface area (Å²) in [5, 5.41) is 3.33. The van der Waals surface area contributed by atoms with E-state index in [0.717, 1.165) is 37.3 Å². The molecule has 0 amide bonds. The Balaban J connectivity index is 1.99. The number of anilines is 1. The highest BCUT2D eigenvalue weighted by atomic mass is 15.2. The molecule has 3 nitrogen and oxygen atoms in total. The van der Waals surface area contributed by atoms with Gasteiger partial charge in [-0.3, -0.25) is 0 Å². The average molecular weight is 247 g/mol. The van der Waals surface area contributed by atoms with Crippen LogP contribution in [0.15, 0.2) is 12.3 Å². The molecule has 1 fully saturated rings. The van der Waals surface area contributed by atoms with Gasteiger partial charge in [0.1, 0.15) is 5.82 Å². The maximum atomic E-state index is 4.62. The van der Waals surface area contributed by atoms with Crippen molar-refractivity contribution < 1.29 is 0 Å². The summed E-state index contributed by atoms with van der Waals surface area (Å²) in [6, 6.07) is 2.25. The topological polar surface area (TPSA) is 28.2 Å². The first-order valence-electron chi connectivity index (χ1n) is 6.99. The molecular formula is C15H25N3. The second kappa shape index (κ2) is 5.70. The summed E-state index contributed by atoms with van der Waals surface area (Å²) in [5.74, 6) is 2.91. The molecule has 0 saturated heterocycles. The molecule has 18 heavy (non-hydrogen) atoms. The molecule has 2 unspecified atom stereocenters. The van der Waals surface area contributed by atoms with E-state index in [4.69, 9.17) is 0 Å². The summed E-state index contributed by atoms with van der Waals surface area (Å²) in [6.07, 6.45) is 3.37. The van der Waals surface area contributed by atoms with E-state index >= 15 is 0 Å². The third-order valence-electron chi connectivity index (χ3n) is 3.83. The SMILES string of the molecule is CCNCc1cnc(N(C)CC2CC2C)c(C)c1. The molecular weight excluding hydrogens is 222 g/mol. The maximum Gasteiger partial charge on any atom is 0.131 e. The number of rotatable bonds is 6. The van der Waals surface area contributed by atoms with Gasteiger partial charge in [-0.2, -0.15) is 0 Å². The van der Waals surface area contributed by atoms with Gasteiger partial charge in [0.25, 0.3) is 0 Å². The van der Waals surface area contributed by atoms with E-state index in [9.17, 15) is 0 Å². The van der Waals surface area contributed by atoms with Crippen LogP contribution in [0, 0.1) is 18.8 Å². The molecule has 1 N–H and O–H groups in total. The molecule has 0 spiro atoms. The number of nitrogens with zero attached hydrogens (tertiary/aromatic N) is 2. The van der Waals surface area contributed by atoms with Crippen LogP contribution in [0.3, 0.4) is 0 Å². The standard InChI is InChI=1S/C15H25N3/c1-5-16-8-13-6-12(3)15(17-9-13)18(4)10-14-7-11(14)2/h6,9,11,14,16H,5,7-8,10H2,1-4H3. The van der Waals surface area contributed by atoms with Crippen molar-refractivity contribution >= 4 is 5.82 Å². The van der Waals surface area contributed by atoms with Gasteiger partial charge in [0.15, 0.2) is 0 Å². The van der Waals surface area contributed by atoms with Crippen molar-refractivity contribution in [1.82, 2.24) is 10.3 Å². The predicted octanol–water partition coefficient (Wildman–Crippen LogP) is 2.59. The Morgan fingerprint density at radius 1 is 1.50 bits per heavy atom. The monoisotopic (exact) mass is 247 g/mol. The Morgan fingerprint density at radius 3 is 2.78 bits per heavy atom. The van der Waals surface area contributed by atoms with Gasteiger partial charge in [-0.15, -0.1) is 0 Å². The molecule has 0 aromatic carbocycles. The van der Waals surface area contributed by atoms with Crippen LogP contribution in [0.4, 0.5) is 5.82 Å². The molecule has 2 rings (SSSR count). The molecule has 1 heterocycles.